The lowest BCUT2D eigenvalue weighted by atomic mass is 9.93. The highest BCUT2D eigenvalue weighted by Gasteiger charge is 2.26. The molecule has 1 heterocycles. The number of nitrogens with zero attached hydrogens (tertiary/aromatic N) is 2. The van der Waals surface area contributed by atoms with Crippen molar-refractivity contribution in [3.05, 3.63) is 84.1 Å². The van der Waals surface area contributed by atoms with Gasteiger partial charge in [0.05, 0.1) is 23.5 Å². The van der Waals surface area contributed by atoms with Gasteiger partial charge in [0.1, 0.15) is 5.69 Å². The van der Waals surface area contributed by atoms with Gasteiger partial charge in [0.25, 0.3) is 0 Å². The topological polar surface area (TPSA) is 75.6 Å². The quantitative estimate of drug-likeness (QED) is 0.199. The van der Waals surface area contributed by atoms with Crippen LogP contribution in [0.3, 0.4) is 0 Å². The molecule has 5 rings (SSSR count). The molecular formula is C35H42N4O3. The third kappa shape index (κ3) is 6.62. The molecule has 0 spiro atoms. The lowest BCUT2D eigenvalue weighted by Crippen LogP contribution is -2.40. The molecule has 0 radical (unpaired) electrons. The molecule has 3 aromatic carbocycles. The Morgan fingerprint density at radius 2 is 1.69 bits per heavy atom. The van der Waals surface area contributed by atoms with Gasteiger partial charge in [-0.05, 0) is 75.1 Å². The van der Waals surface area contributed by atoms with Gasteiger partial charge in [-0.2, -0.15) is 0 Å². The van der Waals surface area contributed by atoms with Crippen LogP contribution in [0.1, 0.15) is 68.9 Å². The van der Waals surface area contributed by atoms with Crippen LogP contribution in [0.5, 0.6) is 0 Å². The molecule has 1 saturated carbocycles. The second-order valence-corrected chi connectivity index (χ2v) is 11.6. The molecule has 4 aromatic rings. The number of aromatic nitrogens is 1. The minimum atomic E-state index is -0.381. The summed E-state index contributed by atoms with van der Waals surface area (Å²) < 4.78 is 7.35. The van der Waals surface area contributed by atoms with E-state index in [1.54, 1.807) is 0 Å². The normalized spacial score (nSPS) is 13.7. The molecular weight excluding hydrogens is 524 g/mol. The molecule has 0 bridgehead atoms. The van der Waals surface area contributed by atoms with Gasteiger partial charge >= 0.3 is 12.0 Å². The van der Waals surface area contributed by atoms with Gasteiger partial charge in [0.2, 0.25) is 0 Å². The predicted octanol–water partition coefficient (Wildman–Crippen LogP) is 8.55. The average Bonchev–Trinajstić information content (AvgIpc) is 3.38. The number of carbonyl (C=O) groups is 2. The molecule has 0 saturated heterocycles. The van der Waals surface area contributed by atoms with Gasteiger partial charge in [0.15, 0.2) is 0 Å². The second-order valence-electron chi connectivity index (χ2n) is 11.6. The maximum absolute atomic E-state index is 13.4. The third-order valence-electron chi connectivity index (χ3n) is 7.88. The van der Waals surface area contributed by atoms with Crippen LogP contribution in [0.2, 0.25) is 0 Å². The van der Waals surface area contributed by atoms with E-state index in [0.29, 0.717) is 23.3 Å². The van der Waals surface area contributed by atoms with Crippen molar-refractivity contribution in [3.63, 3.8) is 0 Å². The maximum atomic E-state index is 13.4. The van der Waals surface area contributed by atoms with Crippen molar-refractivity contribution in [3.8, 4) is 5.69 Å². The number of para-hydroxylation sites is 1. The molecule has 2 N–H and O–H groups in total. The van der Waals surface area contributed by atoms with Crippen LogP contribution in [-0.4, -0.2) is 35.8 Å². The van der Waals surface area contributed by atoms with Crippen molar-refractivity contribution in [1.29, 1.82) is 0 Å². The fourth-order valence-electron chi connectivity index (χ4n) is 5.95. The van der Waals surface area contributed by atoms with Gasteiger partial charge < -0.3 is 24.8 Å². The Morgan fingerprint density at radius 1 is 0.952 bits per heavy atom. The molecule has 220 valence electrons. The van der Waals surface area contributed by atoms with E-state index in [2.05, 4.69) is 35.4 Å². The van der Waals surface area contributed by atoms with Crippen LogP contribution in [0, 0.1) is 12.8 Å². The standard InChI is InChI=1S/C35H42N4O3/c1-5-42-34(40)33-21-26-11-9-10-14-31(26)39(33)29-19-20-32(38(23-24(2)3)28-12-7-6-8-13-28)30(22-29)37-35(41)36-27-17-15-25(4)16-18-27/h9-11,14-22,24,28H,5-8,12-13,23H2,1-4H3,(H2,36,37,41). The summed E-state index contributed by atoms with van der Waals surface area (Å²) in [6.07, 6.45) is 5.97. The van der Waals surface area contributed by atoms with Crippen molar-refractivity contribution >= 4 is 40.0 Å². The van der Waals surface area contributed by atoms with Crippen molar-refractivity contribution in [2.24, 2.45) is 5.92 Å². The highest BCUT2D eigenvalue weighted by atomic mass is 16.5. The maximum Gasteiger partial charge on any atom is 0.355 e. The highest BCUT2D eigenvalue weighted by Crippen LogP contribution is 2.36. The van der Waals surface area contributed by atoms with Crippen LogP contribution in [0.25, 0.3) is 16.6 Å². The molecule has 0 aliphatic heterocycles. The number of rotatable bonds is 9. The van der Waals surface area contributed by atoms with Crippen LogP contribution in [-0.2, 0) is 4.74 Å². The Bertz CT molecular complexity index is 1530. The lowest BCUT2D eigenvalue weighted by molar-refractivity contribution is 0.0517. The SMILES string of the molecule is CCOC(=O)c1cc2ccccc2n1-c1ccc(N(CC(C)C)C2CCCCC2)c(NC(=O)Nc2ccc(C)cc2)c1. The molecule has 2 amide bonds. The molecule has 1 aliphatic carbocycles. The van der Waals surface area contributed by atoms with Crippen molar-refractivity contribution < 1.29 is 14.3 Å². The molecule has 1 fully saturated rings. The number of aryl methyl sites for hydroxylation is 1. The van der Waals surface area contributed by atoms with Gasteiger partial charge in [0, 0.05) is 29.3 Å². The number of anilines is 3. The Morgan fingerprint density at radius 3 is 2.40 bits per heavy atom. The summed E-state index contributed by atoms with van der Waals surface area (Å²) in [5, 5.41) is 7.10. The largest absolute Gasteiger partial charge is 0.461 e. The first-order valence-electron chi connectivity index (χ1n) is 15.2. The molecule has 1 aliphatic rings. The number of hydrogen-bond donors (Lipinski definition) is 2. The zero-order valence-electron chi connectivity index (χ0n) is 25.2. The van der Waals surface area contributed by atoms with Crippen LogP contribution in [0.4, 0.5) is 21.9 Å². The van der Waals surface area contributed by atoms with Crippen LogP contribution >= 0.6 is 0 Å². The van der Waals surface area contributed by atoms with Crippen LogP contribution < -0.4 is 15.5 Å². The van der Waals surface area contributed by atoms with Crippen LogP contribution in [0.15, 0.2) is 72.8 Å². The number of nitrogens with one attached hydrogen (secondary N) is 2. The zero-order chi connectivity index (χ0) is 29.6. The summed E-state index contributed by atoms with van der Waals surface area (Å²) in [4.78, 5) is 28.9. The highest BCUT2D eigenvalue weighted by molar-refractivity contribution is 6.03. The molecule has 1 aromatic heterocycles. The Labute approximate surface area is 248 Å². The second kappa shape index (κ2) is 13.1. The fraction of sp³-hybridized carbons (Fsp3) is 0.371. The van der Waals surface area contributed by atoms with Gasteiger partial charge in [-0.3, -0.25) is 0 Å². The van der Waals surface area contributed by atoms with Gasteiger partial charge in [-0.25, -0.2) is 9.59 Å². The smallest absolute Gasteiger partial charge is 0.355 e. The Balaban J connectivity index is 1.60. The lowest BCUT2D eigenvalue weighted by Gasteiger charge is -2.38. The minimum Gasteiger partial charge on any atom is -0.461 e. The number of esters is 1. The molecule has 0 atom stereocenters. The predicted molar refractivity (Wildman–Crippen MR) is 172 cm³/mol. The number of urea groups is 1. The summed E-state index contributed by atoms with van der Waals surface area (Å²) in [5.74, 6) is 0.0673. The van der Waals surface area contributed by atoms with Crippen molar-refractivity contribution in [1.82, 2.24) is 4.57 Å². The number of ether oxygens (including phenoxy) is 1. The van der Waals surface area contributed by atoms with E-state index in [4.69, 9.17) is 4.74 Å². The fourth-order valence-corrected chi connectivity index (χ4v) is 5.95. The first kappa shape index (κ1) is 29.2. The summed E-state index contributed by atoms with van der Waals surface area (Å²) >= 11 is 0. The first-order chi connectivity index (χ1) is 20.3. The summed E-state index contributed by atoms with van der Waals surface area (Å²) in [6, 6.07) is 23.7. The molecule has 7 nitrogen and oxygen atoms in total. The number of hydrogen-bond acceptors (Lipinski definition) is 4. The Kier molecular flexibility index (Phi) is 9.15. The summed E-state index contributed by atoms with van der Waals surface area (Å²) in [5.41, 5.74) is 5.68. The van der Waals surface area contributed by atoms with E-state index in [-0.39, 0.29) is 18.6 Å². The van der Waals surface area contributed by atoms with E-state index in [1.165, 1.54) is 19.3 Å². The molecule has 0 unspecified atom stereocenters. The van der Waals surface area contributed by atoms with Gasteiger partial charge in [-0.15, -0.1) is 0 Å². The zero-order valence-corrected chi connectivity index (χ0v) is 25.2. The van der Waals surface area contributed by atoms with Gasteiger partial charge in [-0.1, -0.05) is 69.0 Å². The Hall–Kier alpha value is -4.26. The van der Waals surface area contributed by atoms with E-state index in [0.717, 1.165) is 52.9 Å². The minimum absolute atomic E-state index is 0.289. The summed E-state index contributed by atoms with van der Waals surface area (Å²) in [7, 11) is 0. The first-order valence-corrected chi connectivity index (χ1v) is 15.2. The number of benzene rings is 3. The monoisotopic (exact) mass is 566 g/mol. The van der Waals surface area contributed by atoms with Crippen molar-refractivity contribution in [2.45, 2.75) is 65.8 Å². The average molecular weight is 567 g/mol. The third-order valence-corrected chi connectivity index (χ3v) is 7.88. The molecule has 42 heavy (non-hydrogen) atoms. The van der Waals surface area contributed by atoms with E-state index >= 15 is 0 Å². The van der Waals surface area contributed by atoms with E-state index in [1.807, 2.05) is 85.1 Å². The number of amides is 2. The molecule has 7 heteroatoms. The van der Waals surface area contributed by atoms with Crippen molar-refractivity contribution in [2.75, 3.05) is 28.7 Å². The number of fused-ring (bicyclic) bond motifs is 1. The van der Waals surface area contributed by atoms with E-state index < -0.39 is 0 Å². The summed E-state index contributed by atoms with van der Waals surface area (Å²) in [6.45, 7) is 9.47. The number of carbonyl (C=O) groups excluding carboxylic acids is 2. The van der Waals surface area contributed by atoms with E-state index in [9.17, 15) is 9.59 Å².